The van der Waals surface area contributed by atoms with E-state index in [0.29, 0.717) is 31.8 Å². The maximum Gasteiger partial charge on any atom is 0.407 e. The zero-order valence-electron chi connectivity index (χ0n) is 19.3. The van der Waals surface area contributed by atoms with E-state index in [4.69, 9.17) is 9.84 Å². The number of hydrogen-bond acceptors (Lipinski definition) is 4. The van der Waals surface area contributed by atoms with Gasteiger partial charge in [-0.25, -0.2) is 4.79 Å². The molecule has 0 spiro atoms. The summed E-state index contributed by atoms with van der Waals surface area (Å²) >= 11 is 0. The molecule has 2 atom stereocenters. The fraction of sp³-hybridized carbons (Fsp3) is 0.444. The van der Waals surface area contributed by atoms with Crippen molar-refractivity contribution in [3.8, 4) is 11.1 Å². The van der Waals surface area contributed by atoms with Crippen molar-refractivity contribution in [3.05, 3.63) is 59.7 Å². The van der Waals surface area contributed by atoms with E-state index in [2.05, 4.69) is 34.9 Å². The van der Waals surface area contributed by atoms with Gasteiger partial charge in [0.1, 0.15) is 6.61 Å². The third kappa shape index (κ3) is 5.95. The molecule has 2 amide bonds. The monoisotopic (exact) mass is 464 g/mol. The van der Waals surface area contributed by atoms with Crippen molar-refractivity contribution in [1.29, 1.82) is 0 Å². The van der Waals surface area contributed by atoms with Gasteiger partial charge >= 0.3 is 12.1 Å². The van der Waals surface area contributed by atoms with Crippen molar-refractivity contribution in [2.45, 2.75) is 44.4 Å². The third-order valence-electron chi connectivity index (χ3n) is 6.89. The lowest BCUT2D eigenvalue weighted by Gasteiger charge is -2.14. The van der Waals surface area contributed by atoms with Gasteiger partial charge in [-0.2, -0.15) is 0 Å². The Morgan fingerprint density at radius 1 is 0.912 bits per heavy atom. The molecule has 2 unspecified atom stereocenters. The summed E-state index contributed by atoms with van der Waals surface area (Å²) in [6, 6.07) is 16.4. The molecule has 0 aliphatic heterocycles. The Balaban J connectivity index is 1.12. The Morgan fingerprint density at radius 2 is 1.56 bits per heavy atom. The second kappa shape index (κ2) is 11.2. The van der Waals surface area contributed by atoms with Gasteiger partial charge < -0.3 is 20.5 Å². The van der Waals surface area contributed by atoms with Crippen molar-refractivity contribution in [1.82, 2.24) is 10.6 Å². The second-order valence-electron chi connectivity index (χ2n) is 9.30. The van der Waals surface area contributed by atoms with Crippen LogP contribution in [0.2, 0.25) is 0 Å². The van der Waals surface area contributed by atoms with Gasteiger partial charge in [-0.1, -0.05) is 48.5 Å². The van der Waals surface area contributed by atoms with Crippen molar-refractivity contribution in [2.75, 3.05) is 19.7 Å². The number of nitrogens with one attached hydrogen (secondary N) is 2. The molecule has 7 heteroatoms. The van der Waals surface area contributed by atoms with E-state index in [0.717, 1.165) is 19.3 Å². The summed E-state index contributed by atoms with van der Waals surface area (Å²) in [6.07, 6.45) is 3.33. The molecule has 0 aromatic heterocycles. The number of alkyl carbamates (subject to hydrolysis) is 1. The Morgan fingerprint density at radius 3 is 2.24 bits per heavy atom. The predicted molar refractivity (Wildman–Crippen MR) is 128 cm³/mol. The molecule has 2 aromatic carbocycles. The average Bonchev–Trinajstić information content (AvgIpc) is 3.41. The molecule has 1 saturated carbocycles. The summed E-state index contributed by atoms with van der Waals surface area (Å²) in [7, 11) is 0. The lowest BCUT2D eigenvalue weighted by atomic mass is 9.98. The first kappa shape index (κ1) is 23.8. The van der Waals surface area contributed by atoms with Gasteiger partial charge in [0, 0.05) is 31.8 Å². The standard InChI is InChI=1S/C27H32N2O5/c30-25(29-16-19-12-11-18(14-19)15-26(31)32)10-5-13-28-27(33)34-17-24-22-8-3-1-6-20(22)21-7-2-4-9-23(21)24/h1-4,6-9,18-19,24H,5,10-17H2,(H,28,33)(H,29,30)(H,31,32). The number of rotatable bonds is 10. The summed E-state index contributed by atoms with van der Waals surface area (Å²) in [6.45, 7) is 1.23. The van der Waals surface area contributed by atoms with Crippen LogP contribution < -0.4 is 10.6 Å². The molecule has 1 fully saturated rings. The minimum absolute atomic E-state index is 0.0228. The number of carbonyl (C=O) groups excluding carboxylic acids is 2. The van der Waals surface area contributed by atoms with E-state index in [1.165, 1.54) is 22.3 Å². The molecule has 0 saturated heterocycles. The molecular formula is C27H32N2O5. The molecular weight excluding hydrogens is 432 g/mol. The van der Waals surface area contributed by atoms with Crippen LogP contribution in [-0.4, -0.2) is 42.8 Å². The zero-order chi connectivity index (χ0) is 23.9. The summed E-state index contributed by atoms with van der Waals surface area (Å²) in [4.78, 5) is 35.1. The van der Waals surface area contributed by atoms with Crippen molar-refractivity contribution in [2.24, 2.45) is 11.8 Å². The fourth-order valence-electron chi connectivity index (χ4n) is 5.23. The number of fused-ring (bicyclic) bond motifs is 3. The molecule has 34 heavy (non-hydrogen) atoms. The van der Waals surface area contributed by atoms with Crippen LogP contribution in [0.3, 0.4) is 0 Å². The molecule has 4 rings (SSSR count). The van der Waals surface area contributed by atoms with E-state index < -0.39 is 12.1 Å². The number of hydrogen-bond donors (Lipinski definition) is 3. The highest BCUT2D eigenvalue weighted by atomic mass is 16.5. The van der Waals surface area contributed by atoms with Gasteiger partial charge in [-0.05, 0) is 59.8 Å². The Bertz CT molecular complexity index is 992. The van der Waals surface area contributed by atoms with Crippen molar-refractivity contribution >= 4 is 18.0 Å². The molecule has 180 valence electrons. The highest BCUT2D eigenvalue weighted by molar-refractivity contribution is 5.79. The molecule has 0 bridgehead atoms. The Hall–Kier alpha value is -3.35. The van der Waals surface area contributed by atoms with Crippen LogP contribution in [-0.2, 0) is 14.3 Å². The number of aliphatic carboxylic acids is 1. The summed E-state index contributed by atoms with van der Waals surface area (Å²) in [5, 5.41) is 14.6. The van der Waals surface area contributed by atoms with E-state index in [9.17, 15) is 14.4 Å². The SMILES string of the molecule is O=C(O)CC1CCC(CNC(=O)CCCNC(=O)OCC2c3ccccc3-c3ccccc32)C1. The van der Waals surface area contributed by atoms with Gasteiger partial charge in [0.05, 0.1) is 0 Å². The topological polar surface area (TPSA) is 105 Å². The van der Waals surface area contributed by atoms with Crippen molar-refractivity contribution < 1.29 is 24.2 Å². The molecule has 3 N–H and O–H groups in total. The summed E-state index contributed by atoms with van der Waals surface area (Å²) < 4.78 is 5.51. The van der Waals surface area contributed by atoms with Gasteiger partial charge in [0.2, 0.25) is 5.91 Å². The smallest absolute Gasteiger partial charge is 0.407 e. The highest BCUT2D eigenvalue weighted by Crippen LogP contribution is 2.44. The van der Waals surface area contributed by atoms with Crippen LogP contribution in [0, 0.1) is 11.8 Å². The lowest BCUT2D eigenvalue weighted by molar-refractivity contribution is -0.138. The number of amides is 2. The molecule has 2 aromatic rings. The van der Waals surface area contributed by atoms with Gasteiger partial charge in [-0.3, -0.25) is 9.59 Å². The zero-order valence-corrected chi connectivity index (χ0v) is 19.3. The van der Waals surface area contributed by atoms with E-state index >= 15 is 0 Å². The maximum absolute atomic E-state index is 12.2. The number of carboxylic acid groups (broad SMARTS) is 1. The largest absolute Gasteiger partial charge is 0.481 e. The van der Waals surface area contributed by atoms with E-state index in [1.54, 1.807) is 0 Å². The molecule has 7 nitrogen and oxygen atoms in total. The van der Waals surface area contributed by atoms with Crippen LogP contribution in [0.25, 0.3) is 11.1 Å². The molecule has 2 aliphatic carbocycles. The molecule has 2 aliphatic rings. The predicted octanol–water partition coefficient (Wildman–Crippen LogP) is 4.31. The molecule has 0 radical (unpaired) electrons. The van der Waals surface area contributed by atoms with Gasteiger partial charge in [0.25, 0.3) is 0 Å². The van der Waals surface area contributed by atoms with Crippen LogP contribution >= 0.6 is 0 Å². The first-order chi connectivity index (χ1) is 16.5. The van der Waals surface area contributed by atoms with Crippen LogP contribution in [0.4, 0.5) is 4.79 Å². The van der Waals surface area contributed by atoms with Crippen molar-refractivity contribution in [3.63, 3.8) is 0 Å². The van der Waals surface area contributed by atoms with Gasteiger partial charge in [0.15, 0.2) is 0 Å². The van der Waals surface area contributed by atoms with Crippen LogP contribution in [0.5, 0.6) is 0 Å². The minimum atomic E-state index is -0.751. The number of benzene rings is 2. The Labute approximate surface area is 199 Å². The van der Waals surface area contributed by atoms with Crippen LogP contribution in [0.1, 0.15) is 55.6 Å². The van der Waals surface area contributed by atoms with E-state index in [1.807, 2.05) is 24.3 Å². The number of carboxylic acids is 1. The quantitative estimate of drug-likeness (QED) is 0.455. The number of carbonyl (C=O) groups is 3. The lowest BCUT2D eigenvalue weighted by Crippen LogP contribution is -2.30. The average molecular weight is 465 g/mol. The molecule has 0 heterocycles. The van der Waals surface area contributed by atoms with Gasteiger partial charge in [-0.15, -0.1) is 0 Å². The minimum Gasteiger partial charge on any atom is -0.481 e. The normalized spacial score (nSPS) is 18.7. The van der Waals surface area contributed by atoms with E-state index in [-0.39, 0.29) is 30.8 Å². The summed E-state index contributed by atoms with van der Waals surface area (Å²) in [5.41, 5.74) is 4.72. The maximum atomic E-state index is 12.2. The first-order valence-corrected chi connectivity index (χ1v) is 12.1. The second-order valence-corrected chi connectivity index (χ2v) is 9.30. The Kier molecular flexibility index (Phi) is 7.83. The third-order valence-corrected chi connectivity index (χ3v) is 6.89. The van der Waals surface area contributed by atoms with Crippen LogP contribution in [0.15, 0.2) is 48.5 Å². The number of ether oxygens (including phenoxy) is 1. The fourth-order valence-corrected chi connectivity index (χ4v) is 5.23. The first-order valence-electron chi connectivity index (χ1n) is 12.1. The highest BCUT2D eigenvalue weighted by Gasteiger charge is 2.29. The summed E-state index contributed by atoms with van der Waals surface area (Å²) in [5.74, 6) is -0.197.